The second-order valence-corrected chi connectivity index (χ2v) is 5.63. The molecule has 4 N–H and O–H groups in total. The first-order valence-corrected chi connectivity index (χ1v) is 7.13. The van der Waals surface area contributed by atoms with Gasteiger partial charge in [0.25, 0.3) is 0 Å². The molecule has 0 saturated carbocycles. The molecule has 1 aromatic rings. The van der Waals surface area contributed by atoms with Gasteiger partial charge in [-0.15, -0.1) is 0 Å². The summed E-state index contributed by atoms with van der Waals surface area (Å²) in [6.07, 6.45) is -3.31. The highest BCUT2D eigenvalue weighted by Crippen LogP contribution is 2.34. The number of likely N-dealkylation sites (N-methyl/N-ethyl adjacent to an activating group) is 1. The van der Waals surface area contributed by atoms with Gasteiger partial charge >= 0.3 is 6.18 Å². The molecule has 7 heteroatoms. The first-order valence-electron chi connectivity index (χ1n) is 7.13. The zero-order valence-electron chi connectivity index (χ0n) is 13.3. The van der Waals surface area contributed by atoms with E-state index in [1.165, 1.54) is 0 Å². The van der Waals surface area contributed by atoms with Gasteiger partial charge in [-0.2, -0.15) is 13.2 Å². The maximum Gasteiger partial charge on any atom is 0.416 e. The molecule has 1 aliphatic heterocycles. The first-order chi connectivity index (χ1) is 10.3. The summed E-state index contributed by atoms with van der Waals surface area (Å²) >= 11 is 0. The number of nitrogens with zero attached hydrogens (tertiary/aromatic N) is 2. The molecule has 2 rings (SSSR count). The Morgan fingerprint density at radius 2 is 1.95 bits per heavy atom. The molecule has 1 heterocycles. The molecule has 22 heavy (non-hydrogen) atoms. The second kappa shape index (κ2) is 7.92. The van der Waals surface area contributed by atoms with Crippen LogP contribution in [0.1, 0.15) is 17.5 Å². The number of aliphatic hydroxyl groups is 1. The number of hydrogen-bond donors (Lipinski definition) is 2. The largest absolute Gasteiger partial charge is 0.416 e. The minimum absolute atomic E-state index is 0.337. The number of rotatable bonds is 3. The third-order valence-electron chi connectivity index (χ3n) is 3.85. The Kier molecular flexibility index (Phi) is 6.80. The van der Waals surface area contributed by atoms with Crippen molar-refractivity contribution in [3.05, 3.63) is 29.3 Å². The van der Waals surface area contributed by atoms with Crippen LogP contribution in [0.4, 0.5) is 18.9 Å². The van der Waals surface area contributed by atoms with Crippen LogP contribution in [-0.4, -0.2) is 55.2 Å². The summed E-state index contributed by atoms with van der Waals surface area (Å²) in [5.74, 6) is 0. The number of likely N-dealkylation sites (tertiary alicyclic amines) is 1. The van der Waals surface area contributed by atoms with Crippen molar-refractivity contribution in [2.45, 2.75) is 25.2 Å². The molecule has 1 aliphatic rings. The lowest BCUT2D eigenvalue weighted by atomic mass is 10.1. The maximum absolute atomic E-state index is 13.1. The van der Waals surface area contributed by atoms with Crippen molar-refractivity contribution in [2.24, 2.45) is 0 Å². The lowest BCUT2D eigenvalue weighted by Gasteiger charge is -2.21. The first kappa shape index (κ1) is 18.9. The van der Waals surface area contributed by atoms with E-state index in [2.05, 4.69) is 15.5 Å². The van der Waals surface area contributed by atoms with Crippen molar-refractivity contribution in [3.8, 4) is 0 Å². The fourth-order valence-electron chi connectivity index (χ4n) is 2.64. The highest BCUT2D eigenvalue weighted by Gasteiger charge is 2.35. The molecule has 126 valence electrons. The molecular formula is C15H25F3N3O+. The third kappa shape index (κ3) is 4.95. The van der Waals surface area contributed by atoms with E-state index < -0.39 is 11.7 Å². The molecule has 1 aromatic carbocycles. The van der Waals surface area contributed by atoms with E-state index >= 15 is 0 Å². The van der Waals surface area contributed by atoms with Crippen LogP contribution in [0.15, 0.2) is 18.2 Å². The van der Waals surface area contributed by atoms with Crippen molar-refractivity contribution in [1.29, 1.82) is 0 Å². The van der Waals surface area contributed by atoms with Crippen molar-refractivity contribution in [2.75, 3.05) is 34.3 Å². The van der Waals surface area contributed by atoms with Gasteiger partial charge in [0.1, 0.15) is 5.69 Å². The van der Waals surface area contributed by atoms with Crippen LogP contribution in [0, 0.1) is 0 Å². The molecule has 1 saturated heterocycles. The average Bonchev–Trinajstić information content (AvgIpc) is 2.91. The molecule has 0 radical (unpaired) electrons. The molecule has 0 amide bonds. The summed E-state index contributed by atoms with van der Waals surface area (Å²) in [5.41, 5.74) is 3.76. The van der Waals surface area contributed by atoms with Crippen LogP contribution in [0.2, 0.25) is 0 Å². The Bertz CT molecular complexity index is 478. The minimum Gasteiger partial charge on any atom is -0.400 e. The van der Waals surface area contributed by atoms with E-state index in [9.17, 15) is 13.2 Å². The number of alkyl halides is 3. The summed E-state index contributed by atoms with van der Waals surface area (Å²) in [4.78, 5) is 4.21. The quantitative estimate of drug-likeness (QED) is 0.883. The van der Waals surface area contributed by atoms with Crippen LogP contribution < -0.4 is 5.73 Å². The number of quaternary nitrogens is 1. The minimum atomic E-state index is -4.32. The van der Waals surface area contributed by atoms with E-state index in [-0.39, 0.29) is 0 Å². The number of benzene rings is 1. The second-order valence-electron chi connectivity index (χ2n) is 5.63. The fraction of sp³-hybridized carbons (Fsp3) is 0.600. The van der Waals surface area contributed by atoms with E-state index in [4.69, 9.17) is 5.11 Å². The topological polar surface area (TPSA) is 54.4 Å². The normalized spacial score (nSPS) is 19.2. The van der Waals surface area contributed by atoms with Crippen LogP contribution in [0.5, 0.6) is 0 Å². The maximum atomic E-state index is 13.1. The van der Waals surface area contributed by atoms with E-state index in [0.717, 1.165) is 32.7 Å². The molecular weight excluding hydrogens is 295 g/mol. The van der Waals surface area contributed by atoms with Gasteiger partial charge in [0.05, 0.1) is 5.56 Å². The lowest BCUT2D eigenvalue weighted by Crippen LogP contribution is -2.40. The van der Waals surface area contributed by atoms with E-state index in [1.54, 1.807) is 12.1 Å². The zero-order valence-corrected chi connectivity index (χ0v) is 13.3. The van der Waals surface area contributed by atoms with Crippen molar-refractivity contribution in [1.82, 2.24) is 9.80 Å². The fourth-order valence-corrected chi connectivity index (χ4v) is 2.64. The predicted octanol–water partition coefficient (Wildman–Crippen LogP) is 1.32. The Morgan fingerprint density at radius 1 is 1.32 bits per heavy atom. The Balaban J connectivity index is 0.00000116. The van der Waals surface area contributed by atoms with Gasteiger partial charge in [0.2, 0.25) is 0 Å². The zero-order chi connectivity index (χ0) is 16.9. The smallest absolute Gasteiger partial charge is 0.400 e. The SMILES string of the molecule is CN(C)C1CCN(Cc2ccc([NH3+])cc2C(F)(F)F)C1.CO. The highest BCUT2D eigenvalue weighted by atomic mass is 19.4. The Hall–Kier alpha value is -1.15. The van der Waals surface area contributed by atoms with Crippen LogP contribution in [0.25, 0.3) is 0 Å². The summed E-state index contributed by atoms with van der Waals surface area (Å²) in [5, 5.41) is 7.00. The van der Waals surface area contributed by atoms with Gasteiger partial charge in [0, 0.05) is 38.9 Å². The van der Waals surface area contributed by atoms with Gasteiger partial charge in [-0.1, -0.05) is 6.07 Å². The Labute approximate surface area is 129 Å². The van der Waals surface area contributed by atoms with Crippen LogP contribution >= 0.6 is 0 Å². The number of aliphatic hydroxyl groups excluding tert-OH is 1. The molecule has 0 spiro atoms. The third-order valence-corrected chi connectivity index (χ3v) is 3.85. The van der Waals surface area contributed by atoms with Gasteiger partial charge in [-0.25, -0.2) is 0 Å². The predicted molar refractivity (Wildman–Crippen MR) is 79.5 cm³/mol. The van der Waals surface area contributed by atoms with Crippen molar-refractivity contribution in [3.63, 3.8) is 0 Å². The molecule has 0 bridgehead atoms. The monoisotopic (exact) mass is 320 g/mol. The lowest BCUT2D eigenvalue weighted by molar-refractivity contribution is -0.255. The standard InChI is InChI=1S/C14H20F3N3.CH4O/c1-19(2)12-5-6-20(9-12)8-10-3-4-11(18)7-13(10)14(15,16)17;1-2/h3-4,7,12H,5-6,8-9,18H2,1-2H3;2H,1H3/p+1. The highest BCUT2D eigenvalue weighted by molar-refractivity contribution is 5.40. The van der Waals surface area contributed by atoms with Crippen molar-refractivity contribution >= 4 is 5.69 Å². The summed E-state index contributed by atoms with van der Waals surface area (Å²) in [6.45, 7) is 2.00. The molecule has 0 aromatic heterocycles. The molecule has 0 aliphatic carbocycles. The van der Waals surface area contributed by atoms with Gasteiger partial charge in [-0.3, -0.25) is 4.90 Å². The van der Waals surface area contributed by atoms with E-state index in [0.29, 0.717) is 23.8 Å². The summed E-state index contributed by atoms with van der Waals surface area (Å²) < 4.78 is 39.2. The number of hydrogen-bond acceptors (Lipinski definition) is 3. The molecule has 1 unspecified atom stereocenters. The average molecular weight is 320 g/mol. The van der Waals surface area contributed by atoms with Gasteiger partial charge in [-0.05, 0) is 32.1 Å². The summed E-state index contributed by atoms with van der Waals surface area (Å²) in [6, 6.07) is 4.75. The van der Waals surface area contributed by atoms with Gasteiger partial charge < -0.3 is 15.7 Å². The van der Waals surface area contributed by atoms with E-state index in [1.807, 2.05) is 14.1 Å². The number of halogens is 3. The van der Waals surface area contributed by atoms with Crippen molar-refractivity contribution < 1.29 is 24.0 Å². The summed E-state index contributed by atoms with van der Waals surface area (Å²) in [7, 11) is 5.01. The van der Waals surface area contributed by atoms with Gasteiger partial charge in [0.15, 0.2) is 0 Å². The van der Waals surface area contributed by atoms with Crippen LogP contribution in [0.3, 0.4) is 0 Å². The van der Waals surface area contributed by atoms with Crippen LogP contribution in [-0.2, 0) is 12.7 Å². The molecule has 1 fully saturated rings. The molecule has 4 nitrogen and oxygen atoms in total. The molecule has 1 atom stereocenters. The Morgan fingerprint density at radius 3 is 2.45 bits per heavy atom.